The molecule has 0 bridgehead atoms. The average molecular weight is 379 g/mol. The molecule has 1 aromatic heterocycles. The van der Waals surface area contributed by atoms with Crippen LogP contribution in [-0.2, 0) is 17.9 Å². The van der Waals surface area contributed by atoms with E-state index in [0.29, 0.717) is 24.9 Å². The highest BCUT2D eigenvalue weighted by molar-refractivity contribution is 5.77. The van der Waals surface area contributed by atoms with Gasteiger partial charge in [0, 0.05) is 19.5 Å². The van der Waals surface area contributed by atoms with Crippen molar-refractivity contribution < 1.29 is 9.53 Å². The number of benzene rings is 2. The van der Waals surface area contributed by atoms with Crippen molar-refractivity contribution in [2.24, 2.45) is 0 Å². The van der Waals surface area contributed by atoms with Crippen molar-refractivity contribution >= 4 is 16.8 Å². The Morgan fingerprint density at radius 3 is 2.64 bits per heavy atom. The fourth-order valence-corrected chi connectivity index (χ4v) is 3.04. The van der Waals surface area contributed by atoms with E-state index in [0.717, 1.165) is 36.1 Å². The summed E-state index contributed by atoms with van der Waals surface area (Å²) in [7, 11) is 1.63. The highest BCUT2D eigenvalue weighted by atomic mass is 16.5. The number of hydrogen-bond donors (Lipinski definition) is 1. The number of amides is 1. The third-order valence-corrected chi connectivity index (χ3v) is 4.68. The summed E-state index contributed by atoms with van der Waals surface area (Å²) >= 11 is 0. The number of methoxy groups -OCH3 is 1. The minimum atomic E-state index is -0.0113. The van der Waals surface area contributed by atoms with Crippen molar-refractivity contribution in [1.82, 2.24) is 14.9 Å². The van der Waals surface area contributed by atoms with Crippen LogP contribution in [0, 0.1) is 0 Å². The second kappa shape index (κ2) is 9.69. The first-order valence-corrected chi connectivity index (χ1v) is 9.51. The highest BCUT2D eigenvalue weighted by Crippen LogP contribution is 2.11. The predicted molar refractivity (Wildman–Crippen MR) is 109 cm³/mol. The number of fused-ring (bicyclic) bond motifs is 1. The van der Waals surface area contributed by atoms with E-state index in [1.54, 1.807) is 24.1 Å². The van der Waals surface area contributed by atoms with Gasteiger partial charge in [-0.3, -0.25) is 14.2 Å². The van der Waals surface area contributed by atoms with Crippen molar-refractivity contribution in [3.63, 3.8) is 0 Å². The van der Waals surface area contributed by atoms with Crippen LogP contribution in [0.2, 0.25) is 0 Å². The van der Waals surface area contributed by atoms with Crippen LogP contribution in [0.1, 0.15) is 31.2 Å². The molecule has 3 aromatic rings. The van der Waals surface area contributed by atoms with E-state index >= 15 is 0 Å². The molecule has 2 aromatic carbocycles. The van der Waals surface area contributed by atoms with Gasteiger partial charge in [0.1, 0.15) is 5.75 Å². The quantitative estimate of drug-likeness (QED) is 0.579. The minimum absolute atomic E-state index is 0.0113. The fraction of sp³-hybridized carbons (Fsp3) is 0.318. The van der Waals surface area contributed by atoms with Crippen LogP contribution < -0.4 is 15.6 Å². The molecule has 0 aliphatic carbocycles. The van der Waals surface area contributed by atoms with E-state index in [4.69, 9.17) is 4.74 Å². The molecule has 6 heteroatoms. The summed E-state index contributed by atoms with van der Waals surface area (Å²) in [6.45, 7) is 1.13. The third kappa shape index (κ3) is 5.19. The Labute approximate surface area is 164 Å². The van der Waals surface area contributed by atoms with Gasteiger partial charge in [-0.05, 0) is 42.7 Å². The summed E-state index contributed by atoms with van der Waals surface area (Å²) in [6.07, 6.45) is 4.61. The van der Waals surface area contributed by atoms with Gasteiger partial charge in [-0.25, -0.2) is 4.98 Å². The molecule has 1 amide bonds. The van der Waals surface area contributed by atoms with E-state index in [1.807, 2.05) is 42.5 Å². The maximum atomic E-state index is 12.4. The molecule has 1 heterocycles. The molecule has 28 heavy (non-hydrogen) atoms. The Kier molecular flexibility index (Phi) is 6.78. The Morgan fingerprint density at radius 2 is 1.86 bits per heavy atom. The van der Waals surface area contributed by atoms with Crippen molar-refractivity contribution in [3.05, 3.63) is 70.8 Å². The van der Waals surface area contributed by atoms with Crippen molar-refractivity contribution in [2.75, 3.05) is 7.11 Å². The molecule has 146 valence electrons. The molecule has 0 aliphatic heterocycles. The smallest absolute Gasteiger partial charge is 0.261 e. The molecule has 1 N–H and O–H groups in total. The number of unbranched alkanes of at least 4 members (excludes halogenated alkanes) is 2. The molecule has 0 spiro atoms. The Bertz CT molecular complexity index is 980. The van der Waals surface area contributed by atoms with Gasteiger partial charge in [0.25, 0.3) is 5.56 Å². The molecule has 0 radical (unpaired) electrons. The fourth-order valence-electron chi connectivity index (χ4n) is 3.04. The second-order valence-corrected chi connectivity index (χ2v) is 6.70. The van der Waals surface area contributed by atoms with E-state index in [1.165, 1.54) is 0 Å². The topological polar surface area (TPSA) is 73.2 Å². The first-order valence-electron chi connectivity index (χ1n) is 9.51. The Morgan fingerprint density at radius 1 is 1.07 bits per heavy atom. The number of carbonyl (C=O) groups excluding carboxylic acids is 1. The molecule has 6 nitrogen and oxygen atoms in total. The predicted octanol–water partition coefficient (Wildman–Crippen LogP) is 3.28. The molecule has 0 saturated heterocycles. The van der Waals surface area contributed by atoms with Crippen LogP contribution in [0.4, 0.5) is 0 Å². The van der Waals surface area contributed by atoms with Crippen LogP contribution >= 0.6 is 0 Å². The zero-order valence-electron chi connectivity index (χ0n) is 16.1. The van der Waals surface area contributed by atoms with Crippen LogP contribution in [0.15, 0.2) is 59.7 Å². The van der Waals surface area contributed by atoms with Gasteiger partial charge in [0.15, 0.2) is 0 Å². The van der Waals surface area contributed by atoms with Crippen LogP contribution in [0.25, 0.3) is 10.9 Å². The van der Waals surface area contributed by atoms with Gasteiger partial charge < -0.3 is 10.1 Å². The van der Waals surface area contributed by atoms with Crippen LogP contribution in [0.5, 0.6) is 5.75 Å². The maximum Gasteiger partial charge on any atom is 0.261 e. The summed E-state index contributed by atoms with van der Waals surface area (Å²) in [4.78, 5) is 28.7. The van der Waals surface area contributed by atoms with E-state index < -0.39 is 0 Å². The maximum absolute atomic E-state index is 12.4. The molecular formula is C22H25N3O3. The second-order valence-electron chi connectivity index (χ2n) is 6.70. The third-order valence-electron chi connectivity index (χ3n) is 4.68. The molecular weight excluding hydrogens is 354 g/mol. The summed E-state index contributed by atoms with van der Waals surface area (Å²) in [5, 5.41) is 3.57. The number of aryl methyl sites for hydroxylation is 1. The molecule has 0 aliphatic rings. The van der Waals surface area contributed by atoms with Gasteiger partial charge in [-0.2, -0.15) is 0 Å². The number of carbonyl (C=O) groups is 1. The normalized spacial score (nSPS) is 10.8. The largest absolute Gasteiger partial charge is 0.497 e. The Balaban J connectivity index is 1.37. The Hall–Kier alpha value is -3.15. The molecule has 0 atom stereocenters. The average Bonchev–Trinajstić information content (AvgIpc) is 2.74. The number of aromatic nitrogens is 2. The zero-order chi connectivity index (χ0) is 19.8. The van der Waals surface area contributed by atoms with Gasteiger partial charge in [0.2, 0.25) is 5.91 Å². The number of nitrogens with zero attached hydrogens (tertiary/aromatic N) is 2. The monoisotopic (exact) mass is 379 g/mol. The summed E-state index contributed by atoms with van der Waals surface area (Å²) < 4.78 is 6.76. The van der Waals surface area contributed by atoms with Gasteiger partial charge in [-0.15, -0.1) is 0 Å². The van der Waals surface area contributed by atoms with Gasteiger partial charge in [0.05, 0.1) is 24.3 Å². The zero-order valence-corrected chi connectivity index (χ0v) is 16.1. The first kappa shape index (κ1) is 19.6. The molecule has 0 saturated carbocycles. The highest BCUT2D eigenvalue weighted by Gasteiger charge is 2.04. The molecule has 0 unspecified atom stereocenters. The standard InChI is InChI=1S/C22H25N3O3/c1-28-18-12-10-17(11-13-18)15-23-21(26)9-3-2-6-14-25-16-24-20-8-5-4-7-19(20)22(25)27/h4-5,7-8,10-13,16H,2-3,6,9,14-15H2,1H3,(H,23,26). The summed E-state index contributed by atoms with van der Waals surface area (Å²) in [5.74, 6) is 0.844. The molecule has 0 fully saturated rings. The number of hydrogen-bond acceptors (Lipinski definition) is 4. The number of para-hydroxylation sites is 1. The van der Waals surface area contributed by atoms with Crippen LogP contribution in [-0.4, -0.2) is 22.6 Å². The van der Waals surface area contributed by atoms with Gasteiger partial charge in [-0.1, -0.05) is 30.7 Å². The lowest BCUT2D eigenvalue weighted by molar-refractivity contribution is -0.121. The van der Waals surface area contributed by atoms with E-state index in [-0.39, 0.29) is 11.5 Å². The number of rotatable bonds is 9. The lowest BCUT2D eigenvalue weighted by Crippen LogP contribution is -2.22. The number of nitrogens with one attached hydrogen (secondary N) is 1. The molecule has 3 rings (SSSR count). The van der Waals surface area contributed by atoms with Crippen LogP contribution in [0.3, 0.4) is 0 Å². The number of ether oxygens (including phenoxy) is 1. The SMILES string of the molecule is COc1ccc(CNC(=O)CCCCCn2cnc3ccccc3c2=O)cc1. The minimum Gasteiger partial charge on any atom is -0.497 e. The van der Waals surface area contributed by atoms with E-state index in [9.17, 15) is 9.59 Å². The lowest BCUT2D eigenvalue weighted by atomic mass is 10.1. The van der Waals surface area contributed by atoms with Crippen molar-refractivity contribution in [2.45, 2.75) is 38.8 Å². The van der Waals surface area contributed by atoms with Crippen molar-refractivity contribution in [3.8, 4) is 5.75 Å². The van der Waals surface area contributed by atoms with Crippen molar-refractivity contribution in [1.29, 1.82) is 0 Å². The van der Waals surface area contributed by atoms with E-state index in [2.05, 4.69) is 10.3 Å². The summed E-state index contributed by atoms with van der Waals surface area (Å²) in [6, 6.07) is 15.0. The summed E-state index contributed by atoms with van der Waals surface area (Å²) in [5.41, 5.74) is 1.75. The van der Waals surface area contributed by atoms with Gasteiger partial charge >= 0.3 is 0 Å². The lowest BCUT2D eigenvalue weighted by Gasteiger charge is -2.08. The first-order chi connectivity index (χ1) is 13.7.